The molecule has 35 heavy (non-hydrogen) atoms. The molecule has 198 valence electrons. The van der Waals surface area contributed by atoms with E-state index in [4.69, 9.17) is 0 Å². The molecule has 5 heteroatoms. The summed E-state index contributed by atoms with van der Waals surface area (Å²) in [5.74, 6) is -0.0472. The van der Waals surface area contributed by atoms with Gasteiger partial charge in [-0.1, -0.05) is 53.2 Å². The van der Waals surface area contributed by atoms with Crippen molar-refractivity contribution >= 4 is 5.97 Å². The Morgan fingerprint density at radius 1 is 0.943 bits per heavy atom. The second kappa shape index (κ2) is 7.57. The summed E-state index contributed by atoms with van der Waals surface area (Å²) in [6.07, 6.45) is 8.40. The Morgan fingerprint density at radius 3 is 2.23 bits per heavy atom. The normalized spacial score (nSPS) is 55.0. The molecule has 4 saturated carbocycles. The molecule has 5 aliphatic rings. The third kappa shape index (κ3) is 3.07. The van der Waals surface area contributed by atoms with Crippen LogP contribution in [-0.2, 0) is 4.79 Å². The largest absolute Gasteiger partial charge is 0.481 e. The predicted octanol–water partition coefficient (Wildman–Crippen LogP) is 5.18. The first-order valence-corrected chi connectivity index (χ1v) is 14.0. The average Bonchev–Trinajstić information content (AvgIpc) is 2.77. The fourth-order valence-electron chi connectivity index (χ4n) is 10.8. The average molecular weight is 489 g/mol. The van der Waals surface area contributed by atoms with Crippen molar-refractivity contribution in [2.75, 3.05) is 6.61 Å². The molecular formula is C30H48O5. The summed E-state index contributed by atoms with van der Waals surface area (Å²) < 4.78 is 0. The van der Waals surface area contributed by atoms with Crippen LogP contribution in [0.2, 0.25) is 0 Å². The number of aliphatic hydroxyl groups is 3. The number of hydrogen-bond donors (Lipinski definition) is 4. The van der Waals surface area contributed by atoms with E-state index in [1.165, 1.54) is 5.57 Å². The van der Waals surface area contributed by atoms with Crippen molar-refractivity contribution in [3.8, 4) is 0 Å². The smallest absolute Gasteiger partial charge is 0.310 e. The maximum Gasteiger partial charge on any atom is 0.310 e. The minimum Gasteiger partial charge on any atom is -0.481 e. The SMILES string of the molecule is CC1(C)CC[C@]2(C(=O)O)CC[C@]3(C)C(=CC[C@@H]4[C@@]5(C)C[C@@H](O)[C@H](O)C(C)(CO)C5CC[C@]43C)[C@H]2C1. The van der Waals surface area contributed by atoms with Gasteiger partial charge in [-0.25, -0.2) is 0 Å². The number of hydrogen-bond acceptors (Lipinski definition) is 4. The summed E-state index contributed by atoms with van der Waals surface area (Å²) in [5, 5.41) is 42.8. The molecule has 0 amide bonds. The van der Waals surface area contributed by atoms with Crippen LogP contribution in [-0.4, -0.2) is 45.2 Å². The van der Waals surface area contributed by atoms with Crippen molar-refractivity contribution in [2.24, 2.45) is 50.2 Å². The van der Waals surface area contributed by atoms with Crippen molar-refractivity contribution < 1.29 is 25.2 Å². The molecule has 10 atom stereocenters. The van der Waals surface area contributed by atoms with Crippen molar-refractivity contribution in [1.29, 1.82) is 0 Å². The van der Waals surface area contributed by atoms with Crippen LogP contribution in [0.4, 0.5) is 0 Å². The molecule has 0 saturated heterocycles. The number of aliphatic hydroxyl groups excluding tert-OH is 3. The second-order valence-corrected chi connectivity index (χ2v) is 15.1. The monoisotopic (exact) mass is 488 g/mol. The molecule has 0 aromatic rings. The van der Waals surface area contributed by atoms with Crippen LogP contribution in [0.15, 0.2) is 11.6 Å². The van der Waals surface area contributed by atoms with E-state index in [1.807, 2.05) is 6.92 Å². The van der Waals surface area contributed by atoms with E-state index in [0.717, 1.165) is 51.4 Å². The van der Waals surface area contributed by atoms with Crippen molar-refractivity contribution in [3.05, 3.63) is 11.6 Å². The number of carboxylic acids is 1. The van der Waals surface area contributed by atoms with E-state index in [2.05, 4.69) is 40.7 Å². The van der Waals surface area contributed by atoms with Crippen LogP contribution in [0, 0.1) is 50.2 Å². The van der Waals surface area contributed by atoms with Gasteiger partial charge in [-0.3, -0.25) is 4.79 Å². The van der Waals surface area contributed by atoms with Gasteiger partial charge in [0.1, 0.15) is 0 Å². The van der Waals surface area contributed by atoms with E-state index in [1.54, 1.807) is 0 Å². The summed E-state index contributed by atoms with van der Waals surface area (Å²) in [6.45, 7) is 13.6. The molecule has 0 heterocycles. The Hall–Kier alpha value is -0.910. The third-order valence-corrected chi connectivity index (χ3v) is 13.2. The Bertz CT molecular complexity index is 941. The summed E-state index contributed by atoms with van der Waals surface area (Å²) in [4.78, 5) is 12.8. The topological polar surface area (TPSA) is 98.0 Å². The van der Waals surface area contributed by atoms with Gasteiger partial charge >= 0.3 is 5.97 Å². The number of aliphatic carboxylic acids is 1. The molecule has 0 aromatic heterocycles. The van der Waals surface area contributed by atoms with Gasteiger partial charge in [-0.2, -0.15) is 0 Å². The molecule has 4 N–H and O–H groups in total. The van der Waals surface area contributed by atoms with Gasteiger partial charge in [0.15, 0.2) is 0 Å². The lowest BCUT2D eigenvalue weighted by Crippen LogP contribution is -2.68. The molecule has 0 bridgehead atoms. The van der Waals surface area contributed by atoms with Crippen molar-refractivity contribution in [1.82, 2.24) is 0 Å². The van der Waals surface area contributed by atoms with Gasteiger partial charge in [0.05, 0.1) is 24.2 Å². The Balaban J connectivity index is 1.61. The van der Waals surface area contributed by atoms with Crippen molar-refractivity contribution in [2.45, 2.75) is 112 Å². The van der Waals surface area contributed by atoms with E-state index in [0.29, 0.717) is 12.3 Å². The van der Waals surface area contributed by atoms with Crippen LogP contribution in [0.5, 0.6) is 0 Å². The number of fused-ring (bicyclic) bond motifs is 7. The van der Waals surface area contributed by atoms with Gasteiger partial charge in [0.25, 0.3) is 0 Å². The van der Waals surface area contributed by atoms with Crippen LogP contribution >= 0.6 is 0 Å². The molecule has 5 aliphatic carbocycles. The predicted molar refractivity (Wildman–Crippen MR) is 135 cm³/mol. The summed E-state index contributed by atoms with van der Waals surface area (Å²) in [5.41, 5.74) is -0.0632. The van der Waals surface area contributed by atoms with Crippen LogP contribution in [0.1, 0.15) is 99.3 Å². The Kier molecular flexibility index (Phi) is 5.56. The fraction of sp³-hybridized carbons (Fsp3) is 0.900. The molecule has 4 fully saturated rings. The maximum atomic E-state index is 12.8. The molecule has 0 radical (unpaired) electrons. The van der Waals surface area contributed by atoms with E-state index >= 15 is 0 Å². The first-order chi connectivity index (χ1) is 16.1. The van der Waals surface area contributed by atoms with Crippen LogP contribution in [0.3, 0.4) is 0 Å². The van der Waals surface area contributed by atoms with Crippen LogP contribution < -0.4 is 0 Å². The maximum absolute atomic E-state index is 12.8. The molecule has 0 aromatic carbocycles. The van der Waals surface area contributed by atoms with Gasteiger partial charge < -0.3 is 20.4 Å². The first kappa shape index (κ1) is 25.7. The Morgan fingerprint density at radius 2 is 1.60 bits per heavy atom. The first-order valence-electron chi connectivity index (χ1n) is 14.0. The highest BCUT2D eigenvalue weighted by Gasteiger charge is 2.70. The summed E-state index contributed by atoms with van der Waals surface area (Å²) >= 11 is 0. The Labute approximate surface area is 211 Å². The zero-order valence-electron chi connectivity index (χ0n) is 22.7. The van der Waals surface area contributed by atoms with E-state index in [-0.39, 0.29) is 40.1 Å². The quantitative estimate of drug-likeness (QED) is 0.402. The molecule has 5 nitrogen and oxygen atoms in total. The summed E-state index contributed by atoms with van der Waals surface area (Å²) in [7, 11) is 0. The number of allylic oxidation sites excluding steroid dienone is 2. The highest BCUT2D eigenvalue weighted by atomic mass is 16.4. The third-order valence-electron chi connectivity index (χ3n) is 13.2. The van der Waals surface area contributed by atoms with Gasteiger partial charge in [0.2, 0.25) is 0 Å². The molecule has 0 aliphatic heterocycles. The highest BCUT2D eigenvalue weighted by Crippen LogP contribution is 2.75. The zero-order chi connectivity index (χ0) is 25.8. The molecule has 0 spiro atoms. The molecule has 5 rings (SSSR count). The minimum absolute atomic E-state index is 0.00698. The van der Waals surface area contributed by atoms with Gasteiger partial charge in [0, 0.05) is 5.41 Å². The number of carbonyl (C=O) groups is 1. The lowest BCUT2D eigenvalue weighted by Gasteiger charge is -2.71. The van der Waals surface area contributed by atoms with E-state index < -0.39 is 29.0 Å². The zero-order valence-corrected chi connectivity index (χ0v) is 22.7. The minimum atomic E-state index is -0.907. The van der Waals surface area contributed by atoms with Gasteiger partial charge in [-0.15, -0.1) is 0 Å². The molecule has 2 unspecified atom stereocenters. The van der Waals surface area contributed by atoms with Crippen molar-refractivity contribution in [3.63, 3.8) is 0 Å². The van der Waals surface area contributed by atoms with Gasteiger partial charge in [-0.05, 0) is 97.2 Å². The van der Waals surface area contributed by atoms with E-state index in [9.17, 15) is 25.2 Å². The van der Waals surface area contributed by atoms with Crippen LogP contribution in [0.25, 0.3) is 0 Å². The summed E-state index contributed by atoms with van der Waals surface area (Å²) in [6, 6.07) is 0. The standard InChI is InChI=1S/C30H48O5/c1-25(2)11-13-30(24(34)35)14-12-28(5)18(19(30)15-25)7-8-22-26(3)16-20(32)23(33)27(4,17-31)21(26)9-10-29(22,28)6/h7,19-23,31-33H,8-17H2,1-6H3,(H,34,35)/t19-,20-,21?,22-,23+,26+,27?,28-,29-,30+/m1/s1. The second-order valence-electron chi connectivity index (χ2n) is 15.1. The number of rotatable bonds is 2. The lowest BCUT2D eigenvalue weighted by molar-refractivity contribution is -0.243. The fourth-order valence-corrected chi connectivity index (χ4v) is 10.8. The molecular weight excluding hydrogens is 440 g/mol. The number of carboxylic acid groups (broad SMARTS) is 1. The lowest BCUT2D eigenvalue weighted by atomic mass is 9.33. The highest BCUT2D eigenvalue weighted by molar-refractivity contribution is 5.76.